The molecule has 2 amide bonds. The average molecular weight is 451 g/mol. The second-order valence-electron chi connectivity index (χ2n) is 7.97. The van der Waals surface area contributed by atoms with Gasteiger partial charge in [0.1, 0.15) is 0 Å². The number of thioether (sulfide) groups is 1. The lowest BCUT2D eigenvalue weighted by molar-refractivity contribution is -0.123. The third-order valence-corrected chi connectivity index (χ3v) is 7.39. The lowest BCUT2D eigenvalue weighted by atomic mass is 10.0. The molecule has 32 heavy (non-hydrogen) atoms. The number of para-hydroxylation sites is 1. The van der Waals surface area contributed by atoms with E-state index in [1.54, 1.807) is 21.9 Å². The molecule has 3 aromatic rings. The van der Waals surface area contributed by atoms with Crippen LogP contribution in [-0.4, -0.2) is 29.0 Å². The van der Waals surface area contributed by atoms with Gasteiger partial charge in [-0.3, -0.25) is 9.59 Å². The maximum atomic E-state index is 13.9. The van der Waals surface area contributed by atoms with Crippen LogP contribution in [0.2, 0.25) is 0 Å². The van der Waals surface area contributed by atoms with Gasteiger partial charge in [0.15, 0.2) is 16.5 Å². The molecule has 2 heterocycles. The van der Waals surface area contributed by atoms with Crippen LogP contribution in [0.5, 0.6) is 0 Å². The zero-order chi connectivity index (χ0) is 22.5. The van der Waals surface area contributed by atoms with Crippen molar-refractivity contribution in [3.8, 4) is 0 Å². The number of fused-ring (bicyclic) bond motifs is 2. The second kappa shape index (κ2) is 7.74. The number of hydrogen-bond acceptors (Lipinski definition) is 3. The fraction of sp³-hybridized carbons (Fsp3) is 0.200. The summed E-state index contributed by atoms with van der Waals surface area (Å²) in [5.41, 5.74) is 3.48. The fourth-order valence-electron chi connectivity index (χ4n) is 4.40. The highest BCUT2D eigenvalue weighted by Gasteiger charge is 2.59. The third-order valence-electron chi connectivity index (χ3n) is 5.97. The van der Waals surface area contributed by atoms with E-state index in [-0.39, 0.29) is 18.4 Å². The number of hydrogen-bond donors (Lipinski definition) is 0. The van der Waals surface area contributed by atoms with E-state index in [4.69, 9.17) is 0 Å². The molecule has 0 saturated carbocycles. The van der Waals surface area contributed by atoms with Crippen molar-refractivity contribution >= 4 is 29.3 Å². The largest absolute Gasteiger partial charge is 0.311 e. The molecule has 3 aromatic carbocycles. The molecule has 162 valence electrons. The molecule has 1 fully saturated rings. The number of amides is 2. The summed E-state index contributed by atoms with van der Waals surface area (Å²) >= 11 is 1.44. The highest BCUT2D eigenvalue weighted by molar-refractivity contribution is 8.01. The summed E-state index contributed by atoms with van der Waals surface area (Å²) in [5.74, 6) is -1.71. The van der Waals surface area contributed by atoms with Gasteiger partial charge in [-0.2, -0.15) is 0 Å². The summed E-state index contributed by atoms with van der Waals surface area (Å²) in [5, 5.41) is 0. The van der Waals surface area contributed by atoms with Crippen molar-refractivity contribution in [2.75, 3.05) is 17.2 Å². The van der Waals surface area contributed by atoms with E-state index >= 15 is 0 Å². The van der Waals surface area contributed by atoms with Gasteiger partial charge >= 0.3 is 0 Å². The van der Waals surface area contributed by atoms with Crippen LogP contribution in [-0.2, 0) is 16.2 Å². The van der Waals surface area contributed by atoms with E-state index in [9.17, 15) is 18.4 Å². The van der Waals surface area contributed by atoms with Gasteiger partial charge in [0.2, 0.25) is 0 Å². The minimum atomic E-state index is -1.17. The predicted molar refractivity (Wildman–Crippen MR) is 120 cm³/mol. The number of nitrogens with zero attached hydrogens (tertiary/aromatic N) is 2. The van der Waals surface area contributed by atoms with Crippen LogP contribution in [0, 0.1) is 18.6 Å². The van der Waals surface area contributed by atoms with E-state index in [1.807, 2.05) is 43.3 Å². The molecule has 2 aliphatic heterocycles. The average Bonchev–Trinajstić information content (AvgIpc) is 3.34. The zero-order valence-electron chi connectivity index (χ0n) is 17.3. The highest BCUT2D eigenvalue weighted by atomic mass is 32.2. The summed E-state index contributed by atoms with van der Waals surface area (Å²) in [6.45, 7) is 2.48. The zero-order valence-corrected chi connectivity index (χ0v) is 18.2. The van der Waals surface area contributed by atoms with Crippen molar-refractivity contribution in [2.24, 2.45) is 0 Å². The van der Waals surface area contributed by atoms with E-state index in [1.165, 1.54) is 17.8 Å². The molecule has 5 rings (SSSR count). The van der Waals surface area contributed by atoms with Crippen molar-refractivity contribution < 1.29 is 18.4 Å². The van der Waals surface area contributed by atoms with Crippen molar-refractivity contribution in [3.63, 3.8) is 0 Å². The van der Waals surface area contributed by atoms with Crippen molar-refractivity contribution in [1.82, 2.24) is 4.90 Å². The molecule has 1 spiro atoms. The van der Waals surface area contributed by atoms with E-state index < -0.39 is 16.5 Å². The Labute approximate surface area is 188 Å². The molecular formula is C25H20F2N2O2S. The fourth-order valence-corrected chi connectivity index (χ4v) is 5.86. The maximum absolute atomic E-state index is 13.9. The molecule has 0 N–H and O–H groups in total. The number of carbonyl (C=O) groups is 2. The molecule has 0 unspecified atom stereocenters. The number of halogens is 2. The topological polar surface area (TPSA) is 40.6 Å². The van der Waals surface area contributed by atoms with Crippen LogP contribution < -0.4 is 4.90 Å². The van der Waals surface area contributed by atoms with Gasteiger partial charge in [-0.05, 0) is 42.8 Å². The molecule has 7 heteroatoms. The Kier molecular flexibility index (Phi) is 5.01. The van der Waals surface area contributed by atoms with Gasteiger partial charge in [0, 0.05) is 23.4 Å². The Morgan fingerprint density at radius 2 is 1.78 bits per heavy atom. The molecular weight excluding hydrogens is 430 g/mol. The van der Waals surface area contributed by atoms with E-state index in [0.717, 1.165) is 23.3 Å². The lowest BCUT2D eigenvalue weighted by Crippen LogP contribution is -2.50. The van der Waals surface area contributed by atoms with Crippen molar-refractivity contribution in [1.29, 1.82) is 0 Å². The number of rotatable bonds is 3. The summed E-state index contributed by atoms with van der Waals surface area (Å²) in [7, 11) is 0. The van der Waals surface area contributed by atoms with E-state index in [0.29, 0.717) is 29.1 Å². The first-order chi connectivity index (χ1) is 15.4. The Bertz CT molecular complexity index is 1230. The van der Waals surface area contributed by atoms with Gasteiger partial charge in [0.05, 0.1) is 12.2 Å². The Morgan fingerprint density at radius 1 is 1.03 bits per heavy atom. The minimum Gasteiger partial charge on any atom is -0.311 e. The van der Waals surface area contributed by atoms with Crippen LogP contribution in [0.15, 0.2) is 66.7 Å². The molecule has 0 radical (unpaired) electrons. The molecule has 0 aromatic heterocycles. The SMILES string of the molecule is Cc1ccc(C(=O)N2CCS[C@]23C(=O)N(Cc2ccc(F)c(F)c2)c2ccccc23)cc1. The predicted octanol–water partition coefficient (Wildman–Crippen LogP) is 4.86. The Morgan fingerprint density at radius 3 is 2.53 bits per heavy atom. The normalized spacial score (nSPS) is 19.7. The number of benzene rings is 3. The van der Waals surface area contributed by atoms with Gasteiger partial charge in [0.25, 0.3) is 11.8 Å². The van der Waals surface area contributed by atoms with Crippen molar-refractivity contribution in [2.45, 2.75) is 18.3 Å². The van der Waals surface area contributed by atoms with Gasteiger partial charge in [-0.1, -0.05) is 42.0 Å². The maximum Gasteiger partial charge on any atom is 0.268 e. The molecule has 1 atom stereocenters. The van der Waals surface area contributed by atoms with Crippen LogP contribution >= 0.6 is 11.8 Å². The minimum absolute atomic E-state index is 0.0852. The molecule has 2 aliphatic rings. The van der Waals surface area contributed by atoms with E-state index in [2.05, 4.69) is 0 Å². The van der Waals surface area contributed by atoms with Crippen molar-refractivity contribution in [3.05, 3.63) is 101 Å². The monoisotopic (exact) mass is 450 g/mol. The van der Waals surface area contributed by atoms with Crippen LogP contribution in [0.1, 0.15) is 27.0 Å². The summed E-state index contributed by atoms with van der Waals surface area (Å²) in [6, 6.07) is 18.3. The smallest absolute Gasteiger partial charge is 0.268 e. The standard InChI is InChI=1S/C25H20F2N2O2S/c1-16-6-9-18(10-7-16)23(30)29-12-13-32-25(29)19-4-2-3-5-22(19)28(24(25)31)15-17-8-11-20(26)21(27)14-17/h2-11,14H,12-13,15H2,1H3/t25-/m1/s1. The summed E-state index contributed by atoms with van der Waals surface area (Å²) in [4.78, 5) is 29.4. The molecule has 1 saturated heterocycles. The molecule has 4 nitrogen and oxygen atoms in total. The second-order valence-corrected chi connectivity index (χ2v) is 9.26. The van der Waals surface area contributed by atoms with Crippen LogP contribution in [0.4, 0.5) is 14.5 Å². The first kappa shape index (κ1) is 20.7. The van der Waals surface area contributed by atoms with Crippen LogP contribution in [0.25, 0.3) is 0 Å². The highest BCUT2D eigenvalue weighted by Crippen LogP contribution is 2.54. The lowest BCUT2D eigenvalue weighted by Gasteiger charge is -2.33. The first-order valence-corrected chi connectivity index (χ1v) is 11.3. The van der Waals surface area contributed by atoms with Gasteiger partial charge in [-0.15, -0.1) is 11.8 Å². The number of aryl methyl sites for hydroxylation is 1. The van der Waals surface area contributed by atoms with Gasteiger partial charge in [-0.25, -0.2) is 8.78 Å². The Hall–Kier alpha value is -3.19. The quantitative estimate of drug-likeness (QED) is 0.572. The number of anilines is 1. The summed E-state index contributed by atoms with van der Waals surface area (Å²) < 4.78 is 27.2. The summed E-state index contributed by atoms with van der Waals surface area (Å²) in [6.07, 6.45) is 0. The van der Waals surface area contributed by atoms with Crippen LogP contribution in [0.3, 0.4) is 0 Å². The Balaban J connectivity index is 1.56. The number of carbonyl (C=O) groups excluding carboxylic acids is 2. The molecule has 0 aliphatic carbocycles. The molecule has 0 bridgehead atoms. The first-order valence-electron chi connectivity index (χ1n) is 10.3. The van der Waals surface area contributed by atoms with Gasteiger partial charge < -0.3 is 9.80 Å². The third kappa shape index (κ3) is 3.11.